The number of nitrogens with zero attached hydrogens (tertiary/aromatic N) is 1. The first-order valence-electron chi connectivity index (χ1n) is 7.97. The zero-order chi connectivity index (χ0) is 17.7. The van der Waals surface area contributed by atoms with Crippen molar-refractivity contribution in [2.45, 2.75) is 59.3 Å². The van der Waals surface area contributed by atoms with Gasteiger partial charge in [0.15, 0.2) is 0 Å². The minimum Gasteiger partial charge on any atom is -0.444 e. The molecule has 0 aliphatic heterocycles. The lowest BCUT2D eigenvalue weighted by Gasteiger charge is -2.37. The number of anilines is 1. The van der Waals surface area contributed by atoms with E-state index in [1.54, 1.807) is 4.90 Å². The van der Waals surface area contributed by atoms with Crippen molar-refractivity contribution in [2.24, 2.45) is 0 Å². The number of carbonyl (C=O) groups is 1. The van der Waals surface area contributed by atoms with Gasteiger partial charge in [-0.3, -0.25) is 0 Å². The van der Waals surface area contributed by atoms with Crippen LogP contribution >= 0.6 is 0 Å². The Morgan fingerprint density at radius 2 is 1.70 bits per heavy atom. The number of carbonyl (C=O) groups excluding carboxylic acids is 1. The second kappa shape index (κ2) is 7.68. The molecule has 0 spiro atoms. The minimum atomic E-state index is -0.506. The van der Waals surface area contributed by atoms with E-state index < -0.39 is 5.60 Å². The molecule has 5 heteroatoms. The van der Waals surface area contributed by atoms with E-state index in [0.29, 0.717) is 13.1 Å². The van der Waals surface area contributed by atoms with Crippen LogP contribution in [0.25, 0.3) is 0 Å². The molecule has 0 radical (unpaired) electrons. The van der Waals surface area contributed by atoms with Crippen LogP contribution in [-0.4, -0.2) is 40.3 Å². The molecule has 0 atom stereocenters. The van der Waals surface area contributed by atoms with E-state index in [2.05, 4.69) is 5.32 Å². The lowest BCUT2D eigenvalue weighted by Crippen LogP contribution is -2.49. The minimum absolute atomic E-state index is 0.0384. The van der Waals surface area contributed by atoms with Crippen LogP contribution in [0.15, 0.2) is 24.3 Å². The Morgan fingerprint density at radius 1 is 1.13 bits per heavy atom. The van der Waals surface area contributed by atoms with E-state index in [4.69, 9.17) is 9.84 Å². The normalized spacial score (nSPS) is 12.0. The highest BCUT2D eigenvalue weighted by atomic mass is 16.6. The summed E-state index contributed by atoms with van der Waals surface area (Å²) < 4.78 is 5.49. The third-order valence-electron chi connectivity index (χ3n) is 3.22. The van der Waals surface area contributed by atoms with E-state index >= 15 is 0 Å². The first kappa shape index (κ1) is 19.3. The second-order valence-corrected chi connectivity index (χ2v) is 7.58. The fourth-order valence-corrected chi connectivity index (χ4v) is 2.06. The van der Waals surface area contributed by atoms with Gasteiger partial charge >= 0.3 is 6.09 Å². The van der Waals surface area contributed by atoms with Gasteiger partial charge in [-0.25, -0.2) is 4.79 Å². The Balaban J connectivity index is 2.62. The Morgan fingerprint density at radius 3 is 2.13 bits per heavy atom. The Bertz CT molecular complexity index is 498. The van der Waals surface area contributed by atoms with Crippen LogP contribution in [0.5, 0.6) is 0 Å². The number of amides is 1. The number of aliphatic hydroxyl groups excluding tert-OH is 1. The molecule has 2 N–H and O–H groups in total. The van der Waals surface area contributed by atoms with Gasteiger partial charge in [0.05, 0.1) is 6.61 Å². The lowest BCUT2D eigenvalue weighted by atomic mass is 10.1. The summed E-state index contributed by atoms with van der Waals surface area (Å²) in [6.07, 6.45) is -0.303. The van der Waals surface area contributed by atoms with Crippen molar-refractivity contribution in [3.05, 3.63) is 29.8 Å². The maximum atomic E-state index is 12.4. The summed E-state index contributed by atoms with van der Waals surface area (Å²) in [7, 11) is 0. The van der Waals surface area contributed by atoms with E-state index in [1.165, 1.54) is 0 Å². The maximum Gasteiger partial charge on any atom is 0.410 e. The van der Waals surface area contributed by atoms with Gasteiger partial charge in [0.1, 0.15) is 5.60 Å². The zero-order valence-electron chi connectivity index (χ0n) is 15.1. The van der Waals surface area contributed by atoms with E-state index in [1.807, 2.05) is 65.8 Å². The smallest absolute Gasteiger partial charge is 0.410 e. The first-order valence-corrected chi connectivity index (χ1v) is 7.97. The molecule has 1 aromatic rings. The molecule has 23 heavy (non-hydrogen) atoms. The molecule has 0 unspecified atom stereocenters. The standard InChI is InChI=1S/C18H30N2O3/c1-17(2,3)20(16(22)23-18(4,5)6)12-11-19-15-9-7-14(13-21)8-10-15/h7-10,19,21H,11-13H2,1-6H3. The van der Waals surface area contributed by atoms with Crippen LogP contribution in [0.3, 0.4) is 0 Å². The van der Waals surface area contributed by atoms with Gasteiger partial charge < -0.3 is 20.1 Å². The molecule has 0 saturated carbocycles. The fourth-order valence-electron chi connectivity index (χ4n) is 2.06. The summed E-state index contributed by atoms with van der Waals surface area (Å²) >= 11 is 0. The topological polar surface area (TPSA) is 61.8 Å². The van der Waals surface area contributed by atoms with Crippen molar-refractivity contribution in [3.63, 3.8) is 0 Å². The molecule has 0 aromatic heterocycles. The van der Waals surface area contributed by atoms with E-state index in [0.717, 1.165) is 11.3 Å². The molecular weight excluding hydrogens is 292 g/mol. The molecule has 0 aliphatic carbocycles. The molecular formula is C18H30N2O3. The monoisotopic (exact) mass is 322 g/mol. The summed E-state index contributed by atoms with van der Waals surface area (Å²) in [6, 6.07) is 7.58. The van der Waals surface area contributed by atoms with Gasteiger partial charge in [0.2, 0.25) is 0 Å². The van der Waals surface area contributed by atoms with Crippen LogP contribution in [0.2, 0.25) is 0 Å². The van der Waals surface area contributed by atoms with Crippen molar-refractivity contribution >= 4 is 11.8 Å². The van der Waals surface area contributed by atoms with Crippen LogP contribution in [0, 0.1) is 0 Å². The first-order chi connectivity index (χ1) is 10.5. The Hall–Kier alpha value is -1.75. The third kappa shape index (κ3) is 6.91. The van der Waals surface area contributed by atoms with Gasteiger partial charge in [0.25, 0.3) is 0 Å². The average molecular weight is 322 g/mol. The highest BCUT2D eigenvalue weighted by Gasteiger charge is 2.30. The van der Waals surface area contributed by atoms with Crippen molar-refractivity contribution < 1.29 is 14.6 Å². The molecule has 1 aromatic carbocycles. The highest BCUT2D eigenvalue weighted by Crippen LogP contribution is 2.18. The zero-order valence-corrected chi connectivity index (χ0v) is 15.1. The summed E-state index contributed by atoms with van der Waals surface area (Å²) in [4.78, 5) is 14.1. The molecule has 0 heterocycles. The SMILES string of the molecule is CC(C)(C)OC(=O)N(CCNc1ccc(CO)cc1)C(C)(C)C. The van der Waals surface area contributed by atoms with Crippen LogP contribution in [0.4, 0.5) is 10.5 Å². The van der Waals surface area contributed by atoms with Crippen LogP contribution in [-0.2, 0) is 11.3 Å². The van der Waals surface area contributed by atoms with Gasteiger partial charge in [-0.15, -0.1) is 0 Å². The number of hydrogen-bond donors (Lipinski definition) is 2. The number of hydrogen-bond acceptors (Lipinski definition) is 4. The molecule has 0 saturated heterocycles. The third-order valence-corrected chi connectivity index (χ3v) is 3.22. The van der Waals surface area contributed by atoms with Gasteiger partial charge in [-0.2, -0.15) is 0 Å². The number of ether oxygens (including phenoxy) is 1. The molecule has 0 aliphatic rings. The van der Waals surface area contributed by atoms with Gasteiger partial charge in [-0.1, -0.05) is 12.1 Å². The van der Waals surface area contributed by atoms with Crippen molar-refractivity contribution in [3.8, 4) is 0 Å². The maximum absolute atomic E-state index is 12.4. The van der Waals surface area contributed by atoms with Gasteiger partial charge in [-0.05, 0) is 59.2 Å². The summed E-state index contributed by atoms with van der Waals surface area (Å²) in [5.41, 5.74) is 1.01. The van der Waals surface area contributed by atoms with Crippen molar-refractivity contribution in [1.82, 2.24) is 4.90 Å². The van der Waals surface area contributed by atoms with Crippen molar-refractivity contribution in [1.29, 1.82) is 0 Å². The van der Waals surface area contributed by atoms with Gasteiger partial charge in [0, 0.05) is 24.3 Å². The Kier molecular flexibility index (Phi) is 6.45. The Labute approximate surface area is 139 Å². The lowest BCUT2D eigenvalue weighted by molar-refractivity contribution is 0.00749. The van der Waals surface area contributed by atoms with E-state index in [9.17, 15) is 4.79 Å². The summed E-state index contributed by atoms with van der Waals surface area (Å²) in [5.74, 6) is 0. The second-order valence-electron chi connectivity index (χ2n) is 7.58. The summed E-state index contributed by atoms with van der Waals surface area (Å²) in [5, 5.41) is 12.3. The molecule has 1 amide bonds. The fraction of sp³-hybridized carbons (Fsp3) is 0.611. The van der Waals surface area contributed by atoms with Crippen molar-refractivity contribution in [2.75, 3.05) is 18.4 Å². The molecule has 130 valence electrons. The predicted octanol–water partition coefficient (Wildman–Crippen LogP) is 3.63. The molecule has 5 nitrogen and oxygen atoms in total. The quantitative estimate of drug-likeness (QED) is 0.869. The average Bonchev–Trinajstić information content (AvgIpc) is 2.40. The summed E-state index contributed by atoms with van der Waals surface area (Å²) in [6.45, 7) is 12.8. The molecule has 1 rings (SSSR count). The highest BCUT2D eigenvalue weighted by molar-refractivity contribution is 5.69. The predicted molar refractivity (Wildman–Crippen MR) is 93.5 cm³/mol. The van der Waals surface area contributed by atoms with Crippen LogP contribution < -0.4 is 5.32 Å². The van der Waals surface area contributed by atoms with Crippen LogP contribution in [0.1, 0.15) is 47.1 Å². The number of nitrogens with one attached hydrogen (secondary N) is 1. The molecule has 0 fully saturated rings. The largest absolute Gasteiger partial charge is 0.444 e. The number of aliphatic hydroxyl groups is 1. The number of benzene rings is 1. The molecule has 0 bridgehead atoms. The number of rotatable bonds is 5. The van der Waals surface area contributed by atoms with E-state index in [-0.39, 0.29) is 18.2 Å².